The first-order valence-corrected chi connectivity index (χ1v) is 9.74. The Morgan fingerprint density at radius 1 is 0.929 bits per heavy atom. The Morgan fingerprint density at radius 2 is 1.68 bits per heavy atom. The van der Waals surface area contributed by atoms with Gasteiger partial charge in [0.1, 0.15) is 5.82 Å². The molecule has 0 spiro atoms. The molecule has 6 heteroatoms. The Balaban J connectivity index is 1.38. The lowest BCUT2D eigenvalue weighted by Gasteiger charge is -2.17. The van der Waals surface area contributed by atoms with Crippen LogP contribution in [0.4, 0.5) is 17.6 Å². The molecular formula is C22H20N6. The predicted octanol–water partition coefficient (Wildman–Crippen LogP) is 4.49. The standard InChI is InChI=1S/C22H20N6/c1-2-6-16-13-28(12-15(16)5-1)22-23-18-8-4-3-7-17(18)21(25-22)24-20-11-19(26-27-20)14-9-10-14/h1-8,11,14H,9-10,12-13H2,(H2,23,24,25,26,27). The van der Waals surface area contributed by atoms with Crippen LogP contribution in [-0.2, 0) is 13.1 Å². The number of H-pyrrole nitrogens is 1. The summed E-state index contributed by atoms with van der Waals surface area (Å²) in [7, 11) is 0. The van der Waals surface area contributed by atoms with E-state index in [1.165, 1.54) is 29.7 Å². The van der Waals surface area contributed by atoms with Crippen LogP contribution >= 0.6 is 0 Å². The van der Waals surface area contributed by atoms with E-state index in [-0.39, 0.29) is 0 Å². The molecule has 1 saturated carbocycles. The number of hydrogen-bond donors (Lipinski definition) is 2. The van der Waals surface area contributed by atoms with Crippen LogP contribution in [0.1, 0.15) is 35.6 Å². The third-order valence-corrected chi connectivity index (χ3v) is 5.58. The molecule has 3 heterocycles. The lowest BCUT2D eigenvalue weighted by molar-refractivity contribution is 0.835. The van der Waals surface area contributed by atoms with Gasteiger partial charge < -0.3 is 10.2 Å². The van der Waals surface area contributed by atoms with Gasteiger partial charge in [0.05, 0.1) is 5.52 Å². The van der Waals surface area contributed by atoms with Crippen LogP contribution < -0.4 is 10.2 Å². The SMILES string of the molecule is c1ccc2c(c1)CN(c1nc(Nc3cc(C4CC4)[nH]n3)c3ccccc3n1)C2. The first kappa shape index (κ1) is 15.6. The summed E-state index contributed by atoms with van der Waals surface area (Å²) in [5.41, 5.74) is 4.82. The van der Waals surface area contributed by atoms with Crippen molar-refractivity contribution in [2.75, 3.05) is 10.2 Å². The first-order chi connectivity index (χ1) is 13.8. The van der Waals surface area contributed by atoms with Gasteiger partial charge in [-0.3, -0.25) is 5.10 Å². The van der Waals surface area contributed by atoms with E-state index in [0.29, 0.717) is 5.92 Å². The molecule has 0 saturated heterocycles. The topological polar surface area (TPSA) is 69.7 Å². The quantitative estimate of drug-likeness (QED) is 0.555. The van der Waals surface area contributed by atoms with Crippen LogP contribution in [0.15, 0.2) is 54.6 Å². The van der Waals surface area contributed by atoms with Crippen LogP contribution in [0.3, 0.4) is 0 Å². The van der Waals surface area contributed by atoms with E-state index in [9.17, 15) is 0 Å². The molecule has 0 unspecified atom stereocenters. The van der Waals surface area contributed by atoms with Gasteiger partial charge >= 0.3 is 0 Å². The number of fused-ring (bicyclic) bond motifs is 2. The molecule has 2 N–H and O–H groups in total. The zero-order chi connectivity index (χ0) is 18.5. The van der Waals surface area contributed by atoms with Gasteiger partial charge in [-0.05, 0) is 36.1 Å². The van der Waals surface area contributed by atoms with Gasteiger partial charge in [-0.15, -0.1) is 0 Å². The average Bonchev–Trinajstić information content (AvgIpc) is 3.31. The molecule has 0 amide bonds. The summed E-state index contributed by atoms with van der Waals surface area (Å²) in [5, 5.41) is 12.0. The minimum atomic E-state index is 0.642. The molecule has 4 aromatic rings. The van der Waals surface area contributed by atoms with Gasteiger partial charge in [0.25, 0.3) is 0 Å². The first-order valence-electron chi connectivity index (χ1n) is 9.74. The molecular weight excluding hydrogens is 348 g/mol. The normalized spacial score (nSPS) is 15.8. The lowest BCUT2D eigenvalue weighted by atomic mass is 10.1. The number of aromatic nitrogens is 4. The zero-order valence-electron chi connectivity index (χ0n) is 15.4. The van der Waals surface area contributed by atoms with Gasteiger partial charge in [0.15, 0.2) is 5.82 Å². The van der Waals surface area contributed by atoms with Crippen molar-refractivity contribution in [2.45, 2.75) is 31.8 Å². The number of aromatic amines is 1. The molecule has 6 rings (SSSR count). The molecule has 6 nitrogen and oxygen atoms in total. The number of hydrogen-bond acceptors (Lipinski definition) is 5. The van der Waals surface area contributed by atoms with Gasteiger partial charge in [0.2, 0.25) is 5.95 Å². The number of anilines is 3. The van der Waals surface area contributed by atoms with Crippen LogP contribution in [0, 0.1) is 0 Å². The van der Waals surface area contributed by atoms with Gasteiger partial charge in [0, 0.05) is 36.2 Å². The minimum absolute atomic E-state index is 0.642. The number of para-hydroxylation sites is 1. The lowest BCUT2D eigenvalue weighted by Crippen LogP contribution is -2.18. The summed E-state index contributed by atoms with van der Waals surface area (Å²) in [6, 6.07) is 18.8. The summed E-state index contributed by atoms with van der Waals surface area (Å²) < 4.78 is 0. The highest BCUT2D eigenvalue weighted by Gasteiger charge is 2.26. The highest BCUT2D eigenvalue weighted by Crippen LogP contribution is 2.40. The fraction of sp³-hybridized carbons (Fsp3) is 0.227. The Labute approximate surface area is 162 Å². The van der Waals surface area contributed by atoms with E-state index in [2.05, 4.69) is 56.8 Å². The fourth-order valence-corrected chi connectivity index (χ4v) is 3.90. The van der Waals surface area contributed by atoms with Crippen molar-refractivity contribution in [3.63, 3.8) is 0 Å². The van der Waals surface area contributed by atoms with E-state index in [1.54, 1.807) is 0 Å². The Morgan fingerprint density at radius 3 is 2.46 bits per heavy atom. The van der Waals surface area contributed by atoms with Crippen molar-refractivity contribution in [3.05, 3.63) is 71.4 Å². The summed E-state index contributed by atoms with van der Waals surface area (Å²) in [4.78, 5) is 11.9. The largest absolute Gasteiger partial charge is 0.332 e. The second kappa shape index (κ2) is 6.05. The molecule has 0 bridgehead atoms. The Kier molecular flexibility index (Phi) is 3.38. The molecule has 2 aliphatic rings. The van der Waals surface area contributed by atoms with E-state index in [1.807, 2.05) is 18.2 Å². The number of nitrogens with zero attached hydrogens (tertiary/aromatic N) is 4. The monoisotopic (exact) mass is 368 g/mol. The third-order valence-electron chi connectivity index (χ3n) is 5.58. The molecule has 28 heavy (non-hydrogen) atoms. The highest BCUT2D eigenvalue weighted by molar-refractivity contribution is 5.91. The number of benzene rings is 2. The second-order valence-electron chi connectivity index (χ2n) is 7.62. The van der Waals surface area contributed by atoms with Crippen molar-refractivity contribution in [1.82, 2.24) is 20.2 Å². The molecule has 1 fully saturated rings. The maximum Gasteiger partial charge on any atom is 0.228 e. The maximum atomic E-state index is 4.88. The molecule has 0 atom stereocenters. The summed E-state index contributed by atoms with van der Waals surface area (Å²) >= 11 is 0. The third kappa shape index (κ3) is 2.69. The van der Waals surface area contributed by atoms with Gasteiger partial charge in [-0.2, -0.15) is 10.1 Å². The number of rotatable bonds is 4. The molecule has 2 aromatic carbocycles. The van der Waals surface area contributed by atoms with Crippen molar-refractivity contribution >= 4 is 28.5 Å². The highest BCUT2D eigenvalue weighted by atomic mass is 15.3. The smallest absolute Gasteiger partial charge is 0.228 e. The second-order valence-corrected chi connectivity index (χ2v) is 7.62. The molecule has 1 aliphatic heterocycles. The molecule has 0 radical (unpaired) electrons. The van der Waals surface area contributed by atoms with E-state index in [0.717, 1.165) is 41.6 Å². The van der Waals surface area contributed by atoms with Crippen molar-refractivity contribution in [1.29, 1.82) is 0 Å². The Bertz CT molecular complexity index is 1150. The van der Waals surface area contributed by atoms with Gasteiger partial charge in [-0.1, -0.05) is 36.4 Å². The van der Waals surface area contributed by atoms with Crippen LogP contribution in [0.2, 0.25) is 0 Å². The summed E-state index contributed by atoms with van der Waals surface area (Å²) in [6.07, 6.45) is 2.50. The van der Waals surface area contributed by atoms with E-state index < -0.39 is 0 Å². The van der Waals surface area contributed by atoms with E-state index in [4.69, 9.17) is 9.97 Å². The van der Waals surface area contributed by atoms with Gasteiger partial charge in [-0.25, -0.2) is 4.98 Å². The van der Waals surface area contributed by atoms with Crippen molar-refractivity contribution in [3.8, 4) is 0 Å². The Hall–Kier alpha value is -3.41. The minimum Gasteiger partial charge on any atom is -0.332 e. The zero-order valence-corrected chi connectivity index (χ0v) is 15.4. The van der Waals surface area contributed by atoms with Crippen LogP contribution in [0.5, 0.6) is 0 Å². The molecule has 1 aliphatic carbocycles. The maximum absolute atomic E-state index is 4.88. The van der Waals surface area contributed by atoms with Crippen LogP contribution in [0.25, 0.3) is 10.9 Å². The molecule has 2 aromatic heterocycles. The van der Waals surface area contributed by atoms with Crippen LogP contribution in [-0.4, -0.2) is 20.2 Å². The number of nitrogens with one attached hydrogen (secondary N) is 2. The van der Waals surface area contributed by atoms with Crippen molar-refractivity contribution in [2.24, 2.45) is 0 Å². The predicted molar refractivity (Wildman–Crippen MR) is 110 cm³/mol. The van der Waals surface area contributed by atoms with E-state index >= 15 is 0 Å². The summed E-state index contributed by atoms with van der Waals surface area (Å²) in [5.74, 6) is 2.99. The molecule has 138 valence electrons. The van der Waals surface area contributed by atoms with Crippen molar-refractivity contribution < 1.29 is 0 Å². The summed E-state index contributed by atoms with van der Waals surface area (Å²) in [6.45, 7) is 1.67. The fourth-order valence-electron chi connectivity index (χ4n) is 3.90. The average molecular weight is 368 g/mol.